The number of nitrogens with zero attached hydrogens (tertiary/aromatic N) is 1. The highest BCUT2D eigenvalue weighted by Gasteiger charge is 2.19. The summed E-state index contributed by atoms with van der Waals surface area (Å²) in [5, 5.41) is 1.27. The second-order valence-corrected chi connectivity index (χ2v) is 3.46. The summed E-state index contributed by atoms with van der Waals surface area (Å²) in [6.45, 7) is 1.97. The van der Waals surface area contributed by atoms with E-state index in [-0.39, 0.29) is 17.7 Å². The van der Waals surface area contributed by atoms with Gasteiger partial charge in [0.15, 0.2) is 0 Å². The van der Waals surface area contributed by atoms with Gasteiger partial charge in [-0.05, 0) is 19.1 Å². The van der Waals surface area contributed by atoms with Crippen LogP contribution < -0.4 is 0 Å². The van der Waals surface area contributed by atoms with Gasteiger partial charge < -0.3 is 9.57 Å². The molecule has 0 aromatic heterocycles. The zero-order valence-electron chi connectivity index (χ0n) is 10.1. The minimum absolute atomic E-state index is 0.194. The molecule has 0 unspecified atom stereocenters. The Hall–Kier alpha value is -1.88. The van der Waals surface area contributed by atoms with E-state index in [9.17, 15) is 9.59 Å². The largest absolute Gasteiger partial charge is 0.462 e. The third-order valence-corrected chi connectivity index (χ3v) is 1.91. The molecule has 0 amide bonds. The lowest BCUT2D eigenvalue weighted by Crippen LogP contribution is -2.21. The lowest BCUT2D eigenvalue weighted by Gasteiger charge is -2.12. The van der Waals surface area contributed by atoms with E-state index in [1.165, 1.54) is 17.2 Å². The van der Waals surface area contributed by atoms with Crippen LogP contribution in [-0.4, -0.2) is 37.7 Å². The van der Waals surface area contributed by atoms with Crippen molar-refractivity contribution in [3.8, 4) is 0 Å². The Bertz CT molecular complexity index is 415. The van der Waals surface area contributed by atoms with Crippen molar-refractivity contribution in [2.75, 3.05) is 20.7 Å². The van der Waals surface area contributed by atoms with Gasteiger partial charge in [0.05, 0.1) is 17.7 Å². The van der Waals surface area contributed by atoms with Crippen LogP contribution in [0.5, 0.6) is 0 Å². The average Bonchev–Trinajstić information content (AvgIpc) is 2.28. The van der Waals surface area contributed by atoms with Gasteiger partial charge in [-0.3, -0.25) is 0 Å². The Morgan fingerprint density at radius 2 is 1.65 bits per heavy atom. The van der Waals surface area contributed by atoms with Crippen LogP contribution in [0, 0.1) is 0 Å². The molecule has 0 aliphatic carbocycles. The molecule has 1 aromatic rings. The van der Waals surface area contributed by atoms with Crippen LogP contribution in [0.2, 0.25) is 0 Å². The van der Waals surface area contributed by atoms with Crippen molar-refractivity contribution >= 4 is 11.9 Å². The summed E-state index contributed by atoms with van der Waals surface area (Å²) in [5.41, 5.74) is 0.404. The number of esters is 1. The van der Waals surface area contributed by atoms with Crippen molar-refractivity contribution in [1.29, 1.82) is 0 Å². The zero-order chi connectivity index (χ0) is 12.8. The van der Waals surface area contributed by atoms with E-state index in [1.807, 2.05) is 0 Å². The van der Waals surface area contributed by atoms with Crippen LogP contribution in [0.3, 0.4) is 0 Å². The van der Waals surface area contributed by atoms with Crippen molar-refractivity contribution < 1.29 is 19.2 Å². The molecular formula is C12H15NO4. The van der Waals surface area contributed by atoms with Crippen molar-refractivity contribution in [3.05, 3.63) is 35.4 Å². The first-order valence-electron chi connectivity index (χ1n) is 5.22. The normalized spacial score (nSPS) is 10.1. The molecular weight excluding hydrogens is 222 g/mol. The molecule has 0 spiro atoms. The topological polar surface area (TPSA) is 55.8 Å². The van der Waals surface area contributed by atoms with Gasteiger partial charge in [-0.2, -0.15) is 0 Å². The summed E-state index contributed by atoms with van der Waals surface area (Å²) in [6.07, 6.45) is 0. The van der Waals surface area contributed by atoms with Crippen LogP contribution in [-0.2, 0) is 9.57 Å². The third-order valence-electron chi connectivity index (χ3n) is 1.91. The molecule has 0 saturated carbocycles. The molecule has 0 aliphatic rings. The molecule has 5 nitrogen and oxygen atoms in total. The second kappa shape index (κ2) is 6.00. The summed E-state index contributed by atoms with van der Waals surface area (Å²) in [6, 6.07) is 6.38. The van der Waals surface area contributed by atoms with Crippen LogP contribution in [0.15, 0.2) is 24.3 Å². The molecule has 92 valence electrons. The van der Waals surface area contributed by atoms with E-state index in [0.717, 1.165) is 0 Å². The summed E-state index contributed by atoms with van der Waals surface area (Å²) in [7, 11) is 3.18. The van der Waals surface area contributed by atoms with Gasteiger partial charge >= 0.3 is 11.9 Å². The summed E-state index contributed by atoms with van der Waals surface area (Å²) in [5.74, 6) is -1.11. The number of rotatable bonds is 4. The first-order chi connectivity index (χ1) is 8.06. The summed E-state index contributed by atoms with van der Waals surface area (Å²) in [4.78, 5) is 28.2. The Morgan fingerprint density at radius 3 is 2.12 bits per heavy atom. The van der Waals surface area contributed by atoms with Gasteiger partial charge in [-0.1, -0.05) is 12.1 Å². The maximum atomic E-state index is 11.7. The van der Waals surface area contributed by atoms with E-state index in [1.54, 1.807) is 33.2 Å². The minimum Gasteiger partial charge on any atom is -0.462 e. The maximum absolute atomic E-state index is 11.7. The Labute approximate surface area is 99.9 Å². The number of benzene rings is 1. The van der Waals surface area contributed by atoms with Gasteiger partial charge in [0.25, 0.3) is 0 Å². The highest BCUT2D eigenvalue weighted by atomic mass is 16.7. The van der Waals surface area contributed by atoms with E-state index in [0.29, 0.717) is 0 Å². The quantitative estimate of drug-likeness (QED) is 0.586. The molecule has 0 aliphatic heterocycles. The highest BCUT2D eigenvalue weighted by Crippen LogP contribution is 2.12. The molecule has 1 rings (SSSR count). The zero-order valence-corrected chi connectivity index (χ0v) is 10.1. The predicted molar refractivity (Wildman–Crippen MR) is 61.5 cm³/mol. The van der Waals surface area contributed by atoms with Crippen molar-refractivity contribution in [3.63, 3.8) is 0 Å². The molecule has 0 fully saturated rings. The van der Waals surface area contributed by atoms with Crippen LogP contribution in [0.25, 0.3) is 0 Å². The number of hydroxylamine groups is 2. The number of carbonyl (C=O) groups excluding carboxylic acids is 2. The lowest BCUT2D eigenvalue weighted by atomic mass is 10.1. The lowest BCUT2D eigenvalue weighted by molar-refractivity contribution is -0.0714. The van der Waals surface area contributed by atoms with Crippen molar-refractivity contribution in [2.24, 2.45) is 0 Å². The fourth-order valence-electron chi connectivity index (χ4n) is 1.26. The molecule has 0 heterocycles. The van der Waals surface area contributed by atoms with Crippen molar-refractivity contribution in [2.45, 2.75) is 6.92 Å². The van der Waals surface area contributed by atoms with Gasteiger partial charge in [0.1, 0.15) is 0 Å². The number of carbonyl (C=O) groups is 2. The van der Waals surface area contributed by atoms with E-state index in [2.05, 4.69) is 0 Å². The number of ether oxygens (including phenoxy) is 1. The van der Waals surface area contributed by atoms with Gasteiger partial charge in [-0.25, -0.2) is 9.59 Å². The van der Waals surface area contributed by atoms with E-state index < -0.39 is 11.9 Å². The van der Waals surface area contributed by atoms with Gasteiger partial charge in [0, 0.05) is 14.1 Å². The van der Waals surface area contributed by atoms with Crippen LogP contribution >= 0.6 is 0 Å². The maximum Gasteiger partial charge on any atom is 0.357 e. The standard InChI is InChI=1S/C12H15NO4/c1-4-16-11(14)9-7-5-6-8-10(9)12(15)17-13(2)3/h5-8H,4H2,1-3H3. The third kappa shape index (κ3) is 3.57. The minimum atomic E-state index is -0.585. The molecule has 0 radical (unpaired) electrons. The second-order valence-electron chi connectivity index (χ2n) is 3.46. The van der Waals surface area contributed by atoms with Gasteiger partial charge in [0.2, 0.25) is 0 Å². The van der Waals surface area contributed by atoms with Crippen LogP contribution in [0.1, 0.15) is 27.6 Å². The molecule has 5 heteroatoms. The summed E-state index contributed by atoms with van der Waals surface area (Å²) < 4.78 is 4.86. The first kappa shape index (κ1) is 13.2. The van der Waals surface area contributed by atoms with Gasteiger partial charge in [-0.15, -0.1) is 5.06 Å². The Morgan fingerprint density at radius 1 is 1.12 bits per heavy atom. The monoisotopic (exact) mass is 237 g/mol. The summed E-state index contributed by atoms with van der Waals surface area (Å²) >= 11 is 0. The fourth-order valence-corrected chi connectivity index (χ4v) is 1.26. The highest BCUT2D eigenvalue weighted by molar-refractivity contribution is 6.03. The molecule has 0 N–H and O–H groups in total. The molecule has 1 aromatic carbocycles. The predicted octanol–water partition coefficient (Wildman–Crippen LogP) is 1.50. The Kier molecular flexibility index (Phi) is 4.66. The average molecular weight is 237 g/mol. The van der Waals surface area contributed by atoms with Crippen molar-refractivity contribution in [1.82, 2.24) is 5.06 Å². The number of hydrogen-bond acceptors (Lipinski definition) is 5. The fraction of sp³-hybridized carbons (Fsp3) is 0.333. The molecule has 0 bridgehead atoms. The Balaban J connectivity index is 2.99. The van der Waals surface area contributed by atoms with E-state index >= 15 is 0 Å². The van der Waals surface area contributed by atoms with Crippen LogP contribution in [0.4, 0.5) is 0 Å². The molecule has 0 atom stereocenters. The first-order valence-corrected chi connectivity index (χ1v) is 5.22. The molecule has 17 heavy (non-hydrogen) atoms. The number of hydrogen-bond donors (Lipinski definition) is 0. The smallest absolute Gasteiger partial charge is 0.357 e. The molecule has 0 saturated heterocycles. The SMILES string of the molecule is CCOC(=O)c1ccccc1C(=O)ON(C)C. The van der Waals surface area contributed by atoms with E-state index in [4.69, 9.17) is 9.57 Å².